The third-order valence-electron chi connectivity index (χ3n) is 6.22. The minimum Gasteiger partial charge on any atom is -0.444 e. The Bertz CT molecular complexity index is 768. The normalized spacial score (nSPS) is 26.0. The van der Waals surface area contributed by atoms with Crippen molar-refractivity contribution in [1.29, 1.82) is 0 Å². The fraction of sp³-hybridized carbons (Fsp3) is 0.696. The molecule has 164 valence electrons. The number of carbonyl (C=O) groups is 2. The van der Waals surface area contributed by atoms with Crippen molar-refractivity contribution in [3.05, 3.63) is 30.1 Å². The smallest absolute Gasteiger partial charge is 0.407 e. The van der Waals surface area contributed by atoms with Gasteiger partial charge in [-0.25, -0.2) is 4.79 Å². The van der Waals surface area contributed by atoms with Crippen LogP contribution in [0.2, 0.25) is 0 Å². The van der Waals surface area contributed by atoms with Crippen molar-refractivity contribution < 1.29 is 14.3 Å². The molecule has 30 heavy (non-hydrogen) atoms. The maximum atomic E-state index is 13.4. The first kappa shape index (κ1) is 21.1. The first-order valence-electron chi connectivity index (χ1n) is 11.2. The molecular weight excluding hydrogens is 380 g/mol. The van der Waals surface area contributed by atoms with Crippen molar-refractivity contribution >= 4 is 12.0 Å². The highest BCUT2D eigenvalue weighted by Crippen LogP contribution is 2.44. The molecule has 2 heterocycles. The molecule has 2 N–H and O–H groups in total. The molecular formula is C23H34N4O3. The van der Waals surface area contributed by atoms with Crippen molar-refractivity contribution in [2.24, 2.45) is 11.8 Å². The molecule has 2 amide bonds. The molecule has 3 fully saturated rings. The van der Waals surface area contributed by atoms with Crippen molar-refractivity contribution in [1.82, 2.24) is 20.5 Å². The minimum atomic E-state index is -0.564. The van der Waals surface area contributed by atoms with Gasteiger partial charge in [0.1, 0.15) is 5.60 Å². The Morgan fingerprint density at radius 3 is 2.60 bits per heavy atom. The summed E-state index contributed by atoms with van der Waals surface area (Å²) in [5.41, 5.74) is -0.000248. The van der Waals surface area contributed by atoms with Gasteiger partial charge in [0.05, 0.1) is 17.2 Å². The summed E-state index contributed by atoms with van der Waals surface area (Å²) in [6.07, 6.45) is 6.45. The molecule has 1 aliphatic heterocycles. The van der Waals surface area contributed by atoms with Gasteiger partial charge in [0.2, 0.25) is 5.91 Å². The van der Waals surface area contributed by atoms with E-state index < -0.39 is 11.7 Å². The summed E-state index contributed by atoms with van der Waals surface area (Å²) in [7, 11) is 0. The van der Waals surface area contributed by atoms with E-state index in [1.165, 1.54) is 12.8 Å². The molecule has 0 radical (unpaired) electrons. The van der Waals surface area contributed by atoms with E-state index in [-0.39, 0.29) is 23.4 Å². The number of hydrogen-bond donors (Lipinski definition) is 2. The molecule has 7 heteroatoms. The Labute approximate surface area is 178 Å². The largest absolute Gasteiger partial charge is 0.444 e. The number of rotatable bonds is 6. The molecule has 0 unspecified atom stereocenters. The van der Waals surface area contributed by atoms with E-state index in [9.17, 15) is 9.59 Å². The second-order valence-electron chi connectivity index (χ2n) is 10.1. The van der Waals surface area contributed by atoms with Crippen LogP contribution in [0.25, 0.3) is 0 Å². The molecule has 0 aromatic carbocycles. The zero-order valence-electron chi connectivity index (χ0n) is 18.3. The van der Waals surface area contributed by atoms with Gasteiger partial charge in [-0.05, 0) is 70.9 Å². The van der Waals surface area contributed by atoms with E-state index in [0.717, 1.165) is 44.0 Å². The summed E-state index contributed by atoms with van der Waals surface area (Å²) in [6, 6.07) is 5.59. The molecule has 2 atom stereocenters. The van der Waals surface area contributed by atoms with Gasteiger partial charge in [-0.15, -0.1) is 0 Å². The predicted molar refractivity (Wildman–Crippen MR) is 114 cm³/mol. The van der Waals surface area contributed by atoms with Crippen LogP contribution in [0.15, 0.2) is 24.4 Å². The van der Waals surface area contributed by atoms with Crippen molar-refractivity contribution in [2.75, 3.05) is 19.6 Å². The lowest BCUT2D eigenvalue weighted by molar-refractivity contribution is -0.128. The monoisotopic (exact) mass is 414 g/mol. The molecule has 7 nitrogen and oxygen atoms in total. The van der Waals surface area contributed by atoms with E-state index in [0.29, 0.717) is 6.54 Å². The van der Waals surface area contributed by atoms with Gasteiger partial charge in [-0.2, -0.15) is 0 Å². The van der Waals surface area contributed by atoms with Crippen LogP contribution in [0.3, 0.4) is 0 Å². The van der Waals surface area contributed by atoms with E-state index in [4.69, 9.17) is 4.74 Å². The highest BCUT2D eigenvalue weighted by molar-refractivity contribution is 5.82. The Balaban J connectivity index is 1.44. The van der Waals surface area contributed by atoms with Crippen LogP contribution in [0.4, 0.5) is 4.79 Å². The second-order valence-corrected chi connectivity index (χ2v) is 10.1. The molecule has 0 spiro atoms. The number of nitrogens with zero attached hydrogens (tertiary/aromatic N) is 2. The van der Waals surface area contributed by atoms with Crippen molar-refractivity contribution in [3.63, 3.8) is 0 Å². The zero-order chi connectivity index (χ0) is 21.4. The van der Waals surface area contributed by atoms with E-state index in [1.54, 1.807) is 6.20 Å². The summed E-state index contributed by atoms with van der Waals surface area (Å²) in [5, 5.41) is 6.25. The molecule has 1 aromatic rings. The lowest BCUT2D eigenvalue weighted by atomic mass is 9.90. The molecule has 2 aliphatic carbocycles. The van der Waals surface area contributed by atoms with Gasteiger partial charge in [0, 0.05) is 31.9 Å². The number of alkyl carbamates (subject to hydrolysis) is 1. The number of nitrogens with one attached hydrogen (secondary N) is 2. The Kier molecular flexibility index (Phi) is 5.75. The lowest BCUT2D eigenvalue weighted by Gasteiger charge is -2.39. The number of aromatic nitrogens is 1. The Hall–Kier alpha value is -2.15. The number of carbonyl (C=O) groups excluding carboxylic acids is 2. The van der Waals surface area contributed by atoms with Crippen LogP contribution >= 0.6 is 0 Å². The fourth-order valence-corrected chi connectivity index (χ4v) is 4.29. The molecule has 2 saturated carbocycles. The Morgan fingerprint density at radius 1 is 1.23 bits per heavy atom. The average molecular weight is 415 g/mol. The highest BCUT2D eigenvalue weighted by Gasteiger charge is 2.49. The van der Waals surface area contributed by atoms with Gasteiger partial charge in [-0.3, -0.25) is 9.78 Å². The number of amides is 2. The minimum absolute atomic E-state index is 0.000270. The van der Waals surface area contributed by atoms with Crippen LogP contribution < -0.4 is 10.6 Å². The number of pyridine rings is 1. The van der Waals surface area contributed by atoms with Crippen LogP contribution in [-0.4, -0.2) is 53.2 Å². The van der Waals surface area contributed by atoms with E-state index in [2.05, 4.69) is 20.5 Å². The summed E-state index contributed by atoms with van der Waals surface area (Å²) in [4.78, 5) is 32.6. The first-order chi connectivity index (χ1) is 14.2. The van der Waals surface area contributed by atoms with Crippen molar-refractivity contribution in [2.45, 2.75) is 70.1 Å². The van der Waals surface area contributed by atoms with Crippen LogP contribution in [0, 0.1) is 11.8 Å². The maximum Gasteiger partial charge on any atom is 0.407 e. The van der Waals surface area contributed by atoms with Gasteiger partial charge in [0.25, 0.3) is 0 Å². The van der Waals surface area contributed by atoms with Gasteiger partial charge < -0.3 is 20.3 Å². The van der Waals surface area contributed by atoms with Crippen molar-refractivity contribution in [3.8, 4) is 0 Å². The summed E-state index contributed by atoms with van der Waals surface area (Å²) in [6.45, 7) is 8.15. The highest BCUT2D eigenvalue weighted by atomic mass is 16.6. The topological polar surface area (TPSA) is 83.6 Å². The zero-order valence-corrected chi connectivity index (χ0v) is 18.3. The van der Waals surface area contributed by atoms with Gasteiger partial charge in [0.15, 0.2) is 0 Å². The fourth-order valence-electron chi connectivity index (χ4n) is 4.29. The van der Waals surface area contributed by atoms with Crippen LogP contribution in [-0.2, 0) is 15.1 Å². The summed E-state index contributed by atoms with van der Waals surface area (Å²) in [5.74, 6) is 0.471. The molecule has 3 aliphatic rings. The summed E-state index contributed by atoms with van der Waals surface area (Å²) >= 11 is 0. The molecule has 4 rings (SSSR count). The van der Waals surface area contributed by atoms with Crippen LogP contribution in [0.1, 0.15) is 58.6 Å². The summed E-state index contributed by atoms with van der Waals surface area (Å²) < 4.78 is 5.45. The number of likely N-dealkylation sites (tertiary alicyclic amines) is 1. The first-order valence-corrected chi connectivity index (χ1v) is 11.2. The lowest BCUT2D eigenvalue weighted by Crippen LogP contribution is -2.57. The van der Waals surface area contributed by atoms with Gasteiger partial charge in [-0.1, -0.05) is 6.07 Å². The average Bonchev–Trinajstić information content (AvgIpc) is 3.59. The van der Waals surface area contributed by atoms with Crippen LogP contribution in [0.5, 0.6) is 0 Å². The Morgan fingerprint density at radius 2 is 2.00 bits per heavy atom. The van der Waals surface area contributed by atoms with E-state index in [1.807, 2.05) is 39.0 Å². The molecule has 1 aromatic heterocycles. The third kappa shape index (κ3) is 5.31. The quantitative estimate of drug-likeness (QED) is 0.748. The molecule has 0 bridgehead atoms. The third-order valence-corrected chi connectivity index (χ3v) is 6.22. The number of ether oxygens (including phenoxy) is 1. The second kappa shape index (κ2) is 8.17. The number of hydrogen-bond acceptors (Lipinski definition) is 5. The number of piperidine rings is 1. The SMILES string of the molecule is CC(C)(C)OC(=O)N[C@@H]1CCN(CC2CC2)C[C@H]1C(=O)NC1(c2ccccn2)CC1. The van der Waals surface area contributed by atoms with E-state index >= 15 is 0 Å². The standard InChI is InChI=1S/C23H34N4O3/c1-22(2,3)30-21(29)25-18-9-13-27(14-16-7-8-16)15-17(18)20(28)26-23(10-11-23)19-6-4-5-12-24-19/h4-6,12,16-18H,7-11,13-15H2,1-3H3,(H,25,29)(H,26,28)/t17-,18-/m1/s1. The van der Waals surface area contributed by atoms with Gasteiger partial charge >= 0.3 is 6.09 Å². The molecule has 1 saturated heterocycles. The maximum absolute atomic E-state index is 13.4. The predicted octanol–water partition coefficient (Wildman–Crippen LogP) is 2.81.